The van der Waals surface area contributed by atoms with Crippen molar-refractivity contribution in [3.63, 3.8) is 0 Å². The molecule has 0 N–H and O–H groups in total. The zero-order valence-electron chi connectivity index (χ0n) is 10.8. The third kappa shape index (κ3) is 4.48. The first-order valence-corrected chi connectivity index (χ1v) is 6.81. The summed E-state index contributed by atoms with van der Waals surface area (Å²) in [6, 6.07) is 11.1. The monoisotopic (exact) mass is 323 g/mol. The van der Waals surface area contributed by atoms with Gasteiger partial charge in [0, 0.05) is 22.2 Å². The molecule has 0 aliphatic heterocycles. The molecule has 0 radical (unpaired) electrons. The van der Waals surface area contributed by atoms with E-state index in [4.69, 9.17) is 27.9 Å². The average molecular weight is 324 g/mol. The summed E-state index contributed by atoms with van der Waals surface area (Å²) < 4.78 is 5.45. The van der Waals surface area contributed by atoms with Crippen molar-refractivity contribution in [2.24, 2.45) is 0 Å². The number of hydrogen-bond donors (Lipinski definition) is 0. The molecule has 0 unspecified atom stereocenters. The highest BCUT2D eigenvalue weighted by molar-refractivity contribution is 6.34. The first kappa shape index (κ1) is 15.4. The van der Waals surface area contributed by atoms with Crippen LogP contribution >= 0.6 is 23.2 Å². The third-order valence-corrected chi connectivity index (χ3v) is 3.23. The van der Waals surface area contributed by atoms with E-state index in [1.807, 2.05) is 0 Å². The van der Waals surface area contributed by atoms with Gasteiger partial charge < -0.3 is 4.74 Å². The molecule has 0 heterocycles. The van der Waals surface area contributed by atoms with Gasteiger partial charge in [-0.05, 0) is 42.0 Å². The molecule has 0 aliphatic carbocycles. The first-order valence-electron chi connectivity index (χ1n) is 6.05. The van der Waals surface area contributed by atoms with Crippen molar-refractivity contribution < 1.29 is 9.66 Å². The van der Waals surface area contributed by atoms with E-state index >= 15 is 0 Å². The van der Waals surface area contributed by atoms with Crippen LogP contribution in [0.4, 0.5) is 5.69 Å². The summed E-state index contributed by atoms with van der Waals surface area (Å²) >= 11 is 11.9. The Labute approximate surface area is 131 Å². The number of hydrogen-bond acceptors (Lipinski definition) is 3. The van der Waals surface area contributed by atoms with Crippen molar-refractivity contribution in [2.45, 2.75) is 0 Å². The Balaban J connectivity index is 1.93. The quantitative estimate of drug-likeness (QED) is 0.575. The van der Waals surface area contributed by atoms with E-state index in [2.05, 4.69) is 0 Å². The second-order valence-corrected chi connectivity index (χ2v) is 4.97. The van der Waals surface area contributed by atoms with Gasteiger partial charge in [-0.1, -0.05) is 29.3 Å². The van der Waals surface area contributed by atoms with E-state index in [0.717, 1.165) is 5.56 Å². The fourth-order valence-corrected chi connectivity index (χ4v) is 1.99. The van der Waals surface area contributed by atoms with Crippen LogP contribution in [0, 0.1) is 10.1 Å². The predicted molar refractivity (Wildman–Crippen MR) is 84.1 cm³/mol. The van der Waals surface area contributed by atoms with Gasteiger partial charge in [0.1, 0.15) is 12.4 Å². The molecule has 0 atom stereocenters. The lowest BCUT2D eigenvalue weighted by Gasteiger charge is -2.03. The van der Waals surface area contributed by atoms with E-state index in [1.54, 1.807) is 42.5 Å². The van der Waals surface area contributed by atoms with Crippen LogP contribution < -0.4 is 4.74 Å². The molecular formula is C15H11Cl2NO3. The Morgan fingerprint density at radius 1 is 1.14 bits per heavy atom. The van der Waals surface area contributed by atoms with E-state index in [9.17, 15) is 10.1 Å². The van der Waals surface area contributed by atoms with Crippen molar-refractivity contribution in [2.75, 3.05) is 6.61 Å². The van der Waals surface area contributed by atoms with Gasteiger partial charge in [0.05, 0.1) is 4.92 Å². The normalized spacial score (nSPS) is 10.8. The summed E-state index contributed by atoms with van der Waals surface area (Å²) in [6.45, 7) is 0.320. The number of nitro groups is 1. The summed E-state index contributed by atoms with van der Waals surface area (Å²) in [7, 11) is 0. The number of nitro benzene ring substituents is 1. The molecule has 0 saturated heterocycles. The van der Waals surface area contributed by atoms with Crippen LogP contribution in [-0.4, -0.2) is 11.5 Å². The second-order valence-electron chi connectivity index (χ2n) is 4.13. The van der Waals surface area contributed by atoms with Gasteiger partial charge in [-0.25, -0.2) is 0 Å². The van der Waals surface area contributed by atoms with Gasteiger partial charge in [0.2, 0.25) is 0 Å². The summed E-state index contributed by atoms with van der Waals surface area (Å²) in [4.78, 5) is 10.1. The minimum Gasteiger partial charge on any atom is -0.490 e. The molecule has 0 fully saturated rings. The molecule has 0 spiro atoms. The molecule has 2 rings (SSSR count). The highest BCUT2D eigenvalue weighted by atomic mass is 35.5. The second kappa shape index (κ2) is 7.11. The summed E-state index contributed by atoms with van der Waals surface area (Å²) in [5.41, 5.74) is 0.833. The van der Waals surface area contributed by atoms with Gasteiger partial charge >= 0.3 is 0 Å². The zero-order valence-corrected chi connectivity index (χ0v) is 12.3. The zero-order chi connectivity index (χ0) is 15.2. The lowest BCUT2D eigenvalue weighted by atomic mass is 10.2. The lowest BCUT2D eigenvalue weighted by Crippen LogP contribution is -1.94. The Hall–Kier alpha value is -2.04. The topological polar surface area (TPSA) is 52.4 Å². The maximum atomic E-state index is 10.5. The lowest BCUT2D eigenvalue weighted by molar-refractivity contribution is -0.384. The van der Waals surface area contributed by atoms with Crippen LogP contribution in [0.3, 0.4) is 0 Å². The molecule has 108 valence electrons. The predicted octanol–water partition coefficient (Wildman–Crippen LogP) is 4.99. The van der Waals surface area contributed by atoms with Gasteiger partial charge in [-0.15, -0.1) is 0 Å². The first-order chi connectivity index (χ1) is 10.1. The number of nitrogens with zero attached hydrogens (tertiary/aromatic N) is 1. The van der Waals surface area contributed by atoms with E-state index in [1.165, 1.54) is 12.1 Å². The van der Waals surface area contributed by atoms with Gasteiger partial charge in [-0.3, -0.25) is 10.1 Å². The molecule has 0 bridgehead atoms. The Morgan fingerprint density at radius 3 is 2.52 bits per heavy atom. The van der Waals surface area contributed by atoms with Crippen molar-refractivity contribution in [1.29, 1.82) is 0 Å². The Bertz CT molecular complexity index is 669. The minimum atomic E-state index is -0.454. The maximum absolute atomic E-state index is 10.5. The molecule has 0 aromatic heterocycles. The average Bonchev–Trinajstić information content (AvgIpc) is 2.47. The number of rotatable bonds is 5. The van der Waals surface area contributed by atoms with Crippen LogP contribution in [0.2, 0.25) is 10.0 Å². The van der Waals surface area contributed by atoms with Gasteiger partial charge in [0.15, 0.2) is 0 Å². The number of non-ortho nitro benzene ring substituents is 1. The highest BCUT2D eigenvalue weighted by Gasteiger charge is 2.03. The van der Waals surface area contributed by atoms with Crippen molar-refractivity contribution in [3.8, 4) is 5.75 Å². The number of ether oxygens (including phenoxy) is 1. The molecule has 21 heavy (non-hydrogen) atoms. The Kier molecular flexibility index (Phi) is 5.20. The van der Waals surface area contributed by atoms with E-state index in [-0.39, 0.29) is 5.69 Å². The molecule has 2 aromatic carbocycles. The van der Waals surface area contributed by atoms with Crippen LogP contribution in [0.25, 0.3) is 6.08 Å². The molecule has 2 aromatic rings. The SMILES string of the molecule is O=[N+]([O-])c1ccc(OC/C=C/c2cc(Cl)ccc2Cl)cc1. The molecule has 0 saturated carbocycles. The van der Waals surface area contributed by atoms with Crippen molar-refractivity contribution in [3.05, 3.63) is 74.3 Å². The summed E-state index contributed by atoms with van der Waals surface area (Å²) in [5, 5.41) is 11.7. The fraction of sp³-hybridized carbons (Fsp3) is 0.0667. The van der Waals surface area contributed by atoms with Gasteiger partial charge in [-0.2, -0.15) is 0 Å². The summed E-state index contributed by atoms with van der Waals surface area (Å²) in [5.74, 6) is 0.558. The standard InChI is InChI=1S/C15H11Cl2NO3/c16-12-3-8-15(17)11(10-12)2-1-9-21-14-6-4-13(5-7-14)18(19)20/h1-8,10H,9H2/b2-1+. The smallest absolute Gasteiger partial charge is 0.269 e. The highest BCUT2D eigenvalue weighted by Crippen LogP contribution is 2.22. The number of benzene rings is 2. The maximum Gasteiger partial charge on any atom is 0.269 e. The van der Waals surface area contributed by atoms with Crippen LogP contribution in [0.5, 0.6) is 5.75 Å². The van der Waals surface area contributed by atoms with Gasteiger partial charge in [0.25, 0.3) is 5.69 Å². The molecule has 6 heteroatoms. The van der Waals surface area contributed by atoms with Crippen molar-refractivity contribution >= 4 is 35.0 Å². The van der Waals surface area contributed by atoms with Crippen molar-refractivity contribution in [1.82, 2.24) is 0 Å². The van der Waals surface area contributed by atoms with Crippen LogP contribution in [0.1, 0.15) is 5.56 Å². The Morgan fingerprint density at radius 2 is 1.86 bits per heavy atom. The molecule has 0 aliphatic rings. The molecular weight excluding hydrogens is 313 g/mol. The minimum absolute atomic E-state index is 0.0311. The largest absolute Gasteiger partial charge is 0.490 e. The molecule has 0 amide bonds. The fourth-order valence-electron chi connectivity index (χ4n) is 1.63. The number of halogens is 2. The summed E-state index contributed by atoms with van der Waals surface area (Å²) in [6.07, 6.45) is 3.60. The third-order valence-electron chi connectivity index (χ3n) is 2.65. The van der Waals surface area contributed by atoms with Crippen LogP contribution in [0.15, 0.2) is 48.5 Å². The van der Waals surface area contributed by atoms with Crippen LogP contribution in [-0.2, 0) is 0 Å². The molecule has 4 nitrogen and oxygen atoms in total. The van der Waals surface area contributed by atoms with E-state index < -0.39 is 4.92 Å². The van der Waals surface area contributed by atoms with E-state index in [0.29, 0.717) is 22.4 Å².